The Morgan fingerprint density at radius 1 is 1.16 bits per heavy atom. The van der Waals surface area contributed by atoms with Crippen LogP contribution in [-0.2, 0) is 17.7 Å². The maximum Gasteiger partial charge on any atom is 0.360 e. The fraction of sp³-hybridized carbons (Fsp3) is 0.227. The van der Waals surface area contributed by atoms with Crippen molar-refractivity contribution in [1.82, 2.24) is 30.2 Å². The molecule has 9 nitrogen and oxygen atoms in total. The molecule has 3 N–H and O–H groups in total. The van der Waals surface area contributed by atoms with Crippen molar-refractivity contribution in [2.45, 2.75) is 26.3 Å². The van der Waals surface area contributed by atoms with Crippen molar-refractivity contribution in [1.29, 1.82) is 0 Å². The quantitative estimate of drug-likeness (QED) is 0.443. The number of hydrogen-bond acceptors (Lipinski definition) is 7. The predicted molar refractivity (Wildman–Crippen MR) is 116 cm³/mol. The summed E-state index contributed by atoms with van der Waals surface area (Å²) in [4.78, 5) is 16.5. The van der Waals surface area contributed by atoms with E-state index in [0.29, 0.717) is 24.6 Å². The van der Waals surface area contributed by atoms with E-state index in [9.17, 15) is 4.79 Å². The second-order valence-corrected chi connectivity index (χ2v) is 7.07. The number of tetrazole rings is 1. The van der Waals surface area contributed by atoms with Gasteiger partial charge in [0.15, 0.2) is 5.69 Å². The van der Waals surface area contributed by atoms with Crippen molar-refractivity contribution in [3.05, 3.63) is 65.6 Å². The molecule has 0 amide bonds. The second kappa shape index (κ2) is 8.78. The number of rotatable bonds is 7. The standard InChI is InChI=1S/C22H23N7O2/c1-3-7-18-24-19(22(30)31-2)20(23)29(18)13-14-10-11-16(15-8-5-4-6-9-15)17(12-14)21-25-27-28-26-21/h4-6,8-12H,3,7,13,23H2,1-2H3,(H,25,26,27,28). The van der Waals surface area contributed by atoms with Gasteiger partial charge in [0.25, 0.3) is 0 Å². The predicted octanol–water partition coefficient (Wildman–Crippen LogP) is 3.10. The number of imidazole rings is 1. The average molecular weight is 417 g/mol. The van der Waals surface area contributed by atoms with Crippen molar-refractivity contribution >= 4 is 11.8 Å². The van der Waals surface area contributed by atoms with E-state index in [1.165, 1.54) is 7.11 Å². The molecule has 2 aromatic heterocycles. The SMILES string of the molecule is CCCc1nc(C(=O)OC)c(N)n1Cc1ccc(-c2ccccc2)c(-c2nn[nH]n2)c1. The maximum atomic E-state index is 12.1. The first kappa shape index (κ1) is 20.3. The van der Waals surface area contributed by atoms with E-state index in [0.717, 1.165) is 34.5 Å². The number of nitrogens with one attached hydrogen (secondary N) is 1. The number of H-pyrrole nitrogens is 1. The number of nitrogens with zero attached hydrogens (tertiary/aromatic N) is 5. The van der Waals surface area contributed by atoms with Crippen LogP contribution in [0.4, 0.5) is 5.82 Å². The van der Waals surface area contributed by atoms with Gasteiger partial charge in [-0.05, 0) is 34.4 Å². The van der Waals surface area contributed by atoms with Gasteiger partial charge in [0.1, 0.15) is 11.6 Å². The largest absolute Gasteiger partial charge is 0.464 e. The van der Waals surface area contributed by atoms with Crippen LogP contribution in [0.1, 0.15) is 35.2 Å². The van der Waals surface area contributed by atoms with Crippen molar-refractivity contribution in [3.8, 4) is 22.5 Å². The molecular formula is C22H23N7O2. The van der Waals surface area contributed by atoms with Crippen LogP contribution in [0.3, 0.4) is 0 Å². The number of hydrogen-bond donors (Lipinski definition) is 2. The number of carbonyl (C=O) groups is 1. The number of carbonyl (C=O) groups excluding carboxylic acids is 1. The lowest BCUT2D eigenvalue weighted by atomic mass is 9.97. The first-order valence-electron chi connectivity index (χ1n) is 9.97. The van der Waals surface area contributed by atoms with Gasteiger partial charge in [-0.15, -0.1) is 10.2 Å². The smallest absolute Gasteiger partial charge is 0.360 e. The van der Waals surface area contributed by atoms with Crippen molar-refractivity contribution in [2.75, 3.05) is 12.8 Å². The first-order valence-corrected chi connectivity index (χ1v) is 9.97. The summed E-state index contributed by atoms with van der Waals surface area (Å²) in [5, 5.41) is 14.6. The lowest BCUT2D eigenvalue weighted by Gasteiger charge is -2.13. The van der Waals surface area contributed by atoms with Crippen LogP contribution < -0.4 is 5.73 Å². The molecule has 0 aliphatic rings. The summed E-state index contributed by atoms with van der Waals surface area (Å²) in [6.07, 6.45) is 1.57. The number of ether oxygens (including phenoxy) is 1. The van der Waals surface area contributed by atoms with E-state index in [2.05, 4.69) is 32.5 Å². The number of aryl methyl sites for hydroxylation is 1. The molecule has 31 heavy (non-hydrogen) atoms. The summed E-state index contributed by atoms with van der Waals surface area (Å²) in [5.41, 5.74) is 10.3. The van der Waals surface area contributed by atoms with Crippen LogP contribution in [0, 0.1) is 0 Å². The summed E-state index contributed by atoms with van der Waals surface area (Å²) in [6, 6.07) is 16.1. The molecule has 0 fully saturated rings. The molecule has 0 aliphatic heterocycles. The number of benzene rings is 2. The third-order valence-corrected chi connectivity index (χ3v) is 5.03. The highest BCUT2D eigenvalue weighted by Crippen LogP contribution is 2.31. The van der Waals surface area contributed by atoms with Crippen molar-refractivity contribution < 1.29 is 9.53 Å². The molecular weight excluding hydrogens is 394 g/mol. The summed E-state index contributed by atoms with van der Waals surface area (Å²) in [5.74, 6) is 1.00. The van der Waals surface area contributed by atoms with Gasteiger partial charge < -0.3 is 15.0 Å². The van der Waals surface area contributed by atoms with E-state index < -0.39 is 5.97 Å². The highest BCUT2D eigenvalue weighted by Gasteiger charge is 2.21. The van der Waals surface area contributed by atoms with E-state index in [1.54, 1.807) is 0 Å². The Morgan fingerprint density at radius 2 is 1.97 bits per heavy atom. The molecule has 4 aromatic rings. The highest BCUT2D eigenvalue weighted by atomic mass is 16.5. The molecule has 0 saturated carbocycles. The molecule has 0 spiro atoms. The van der Waals surface area contributed by atoms with E-state index in [-0.39, 0.29) is 5.69 Å². The Labute approximate surface area is 179 Å². The summed E-state index contributed by atoms with van der Waals surface area (Å²) < 4.78 is 6.68. The molecule has 4 rings (SSSR count). The number of anilines is 1. The number of aromatic amines is 1. The average Bonchev–Trinajstić information content (AvgIpc) is 3.44. The molecule has 2 heterocycles. The molecule has 0 saturated heterocycles. The van der Waals surface area contributed by atoms with Gasteiger partial charge in [0.2, 0.25) is 5.82 Å². The molecule has 158 valence electrons. The van der Waals surface area contributed by atoms with Crippen LogP contribution in [-0.4, -0.2) is 43.3 Å². The monoisotopic (exact) mass is 417 g/mol. The zero-order chi connectivity index (χ0) is 21.8. The Morgan fingerprint density at radius 3 is 2.65 bits per heavy atom. The van der Waals surface area contributed by atoms with Crippen molar-refractivity contribution in [2.24, 2.45) is 0 Å². The van der Waals surface area contributed by atoms with Crippen LogP contribution in [0.15, 0.2) is 48.5 Å². The van der Waals surface area contributed by atoms with Crippen LogP contribution in [0.2, 0.25) is 0 Å². The fourth-order valence-corrected chi connectivity index (χ4v) is 3.55. The third-order valence-electron chi connectivity index (χ3n) is 5.03. The number of nitrogen functional groups attached to an aromatic ring is 1. The van der Waals surface area contributed by atoms with Gasteiger partial charge in [-0.2, -0.15) is 5.21 Å². The van der Waals surface area contributed by atoms with Crippen molar-refractivity contribution in [3.63, 3.8) is 0 Å². The van der Waals surface area contributed by atoms with Crippen LogP contribution in [0.25, 0.3) is 22.5 Å². The normalized spacial score (nSPS) is 10.9. The topological polar surface area (TPSA) is 125 Å². The number of aromatic nitrogens is 6. The first-order chi connectivity index (χ1) is 15.1. The van der Waals surface area contributed by atoms with Gasteiger partial charge in [-0.1, -0.05) is 49.4 Å². The van der Waals surface area contributed by atoms with E-state index in [4.69, 9.17) is 10.5 Å². The number of esters is 1. The second-order valence-electron chi connectivity index (χ2n) is 7.07. The summed E-state index contributed by atoms with van der Waals surface area (Å²) in [7, 11) is 1.32. The van der Waals surface area contributed by atoms with Gasteiger partial charge in [-0.3, -0.25) is 0 Å². The van der Waals surface area contributed by atoms with Gasteiger partial charge in [-0.25, -0.2) is 9.78 Å². The minimum Gasteiger partial charge on any atom is -0.464 e. The zero-order valence-corrected chi connectivity index (χ0v) is 17.4. The molecule has 0 atom stereocenters. The van der Waals surface area contributed by atoms with Gasteiger partial charge in [0.05, 0.1) is 13.7 Å². The Hall–Kier alpha value is -4.01. The third kappa shape index (κ3) is 4.02. The van der Waals surface area contributed by atoms with Gasteiger partial charge >= 0.3 is 5.97 Å². The molecule has 0 aliphatic carbocycles. The molecule has 9 heteroatoms. The Balaban J connectivity index is 1.77. The minimum atomic E-state index is -0.541. The van der Waals surface area contributed by atoms with Crippen LogP contribution in [0.5, 0.6) is 0 Å². The lowest BCUT2D eigenvalue weighted by molar-refractivity contribution is 0.0595. The molecule has 0 unspecified atom stereocenters. The van der Waals surface area contributed by atoms with Crippen LogP contribution >= 0.6 is 0 Å². The number of nitrogens with two attached hydrogens (primary N) is 1. The fourth-order valence-electron chi connectivity index (χ4n) is 3.55. The Bertz CT molecular complexity index is 1180. The maximum absolute atomic E-state index is 12.1. The number of methoxy groups -OCH3 is 1. The highest BCUT2D eigenvalue weighted by molar-refractivity contribution is 5.92. The summed E-state index contributed by atoms with van der Waals surface area (Å²) in [6.45, 7) is 2.50. The Kier molecular flexibility index (Phi) is 5.74. The zero-order valence-electron chi connectivity index (χ0n) is 17.4. The lowest BCUT2D eigenvalue weighted by Crippen LogP contribution is -2.10. The minimum absolute atomic E-state index is 0.144. The molecule has 0 radical (unpaired) electrons. The van der Waals surface area contributed by atoms with E-state index in [1.807, 2.05) is 53.1 Å². The molecule has 2 aromatic carbocycles. The van der Waals surface area contributed by atoms with Gasteiger partial charge in [0, 0.05) is 12.0 Å². The van der Waals surface area contributed by atoms with E-state index >= 15 is 0 Å². The molecule has 0 bridgehead atoms. The summed E-state index contributed by atoms with van der Waals surface area (Å²) >= 11 is 0.